The Bertz CT molecular complexity index is 952. The number of ether oxygens (including phenoxy) is 2. The third kappa shape index (κ3) is 4.55. The van der Waals surface area contributed by atoms with Gasteiger partial charge in [0.05, 0.1) is 30.0 Å². The number of carbonyl (C=O) groups excluding carboxylic acids is 1. The molecule has 2 aliphatic heterocycles. The van der Waals surface area contributed by atoms with Gasteiger partial charge in [-0.2, -0.15) is 0 Å². The van der Waals surface area contributed by atoms with Crippen LogP contribution in [0.25, 0.3) is 0 Å². The van der Waals surface area contributed by atoms with Gasteiger partial charge in [0.25, 0.3) is 0 Å². The summed E-state index contributed by atoms with van der Waals surface area (Å²) in [7, 11) is -4.00. The second-order valence-corrected chi connectivity index (χ2v) is 23.9. The summed E-state index contributed by atoms with van der Waals surface area (Å²) in [4.78, 5) is 13.4. The minimum absolute atomic E-state index is 0.0343. The average molecular weight is 535 g/mol. The summed E-state index contributed by atoms with van der Waals surface area (Å²) in [5, 5.41) is 0.246. The second kappa shape index (κ2) is 9.18. The molecule has 204 valence electrons. The molecule has 5 atom stereocenters. The van der Waals surface area contributed by atoms with Gasteiger partial charge in [-0.05, 0) is 92.5 Å². The molecule has 2 fully saturated rings. The molecule has 1 unspecified atom stereocenters. The Morgan fingerprint density at radius 3 is 2.11 bits per heavy atom. The summed E-state index contributed by atoms with van der Waals surface area (Å²) in [5.41, 5.74) is 2.81. The summed E-state index contributed by atoms with van der Waals surface area (Å²) in [5.74, 6) is -0.0806. The van der Waals surface area contributed by atoms with Crippen molar-refractivity contribution in [2.45, 2.75) is 141 Å². The van der Waals surface area contributed by atoms with Gasteiger partial charge in [0.15, 0.2) is 16.6 Å². The molecule has 0 aromatic rings. The number of hydrogen-bond acceptors (Lipinski definition) is 5. The van der Waals surface area contributed by atoms with Gasteiger partial charge in [-0.1, -0.05) is 41.5 Å². The lowest BCUT2D eigenvalue weighted by atomic mass is 9.69. The highest BCUT2D eigenvalue weighted by atomic mass is 28.4. The van der Waals surface area contributed by atoms with Gasteiger partial charge in [-0.25, -0.2) is 4.79 Å². The fourth-order valence-electron chi connectivity index (χ4n) is 6.14. The molecule has 0 aromatic heterocycles. The first kappa shape index (κ1) is 28.3. The summed E-state index contributed by atoms with van der Waals surface area (Å²) in [6, 6.07) is 0. The van der Waals surface area contributed by atoms with Crippen LogP contribution in [0.1, 0.15) is 80.6 Å². The van der Waals surface area contributed by atoms with Crippen LogP contribution in [0.4, 0.5) is 0 Å². The number of carbonyl (C=O) groups is 1. The normalized spacial score (nSPS) is 32.8. The van der Waals surface area contributed by atoms with E-state index in [1.165, 1.54) is 11.1 Å². The standard InChI is InChI=1S/C29H50O5Si2/c1-12-31-26(30)25-23-18-20-21(33-35(8,9)27(2,3)4)14-13-17-29(20,32-23)19-15-16-22(24(19)25)34-36(10,11)28(5,6)7/h18-19,21-23H,12-17H2,1-11H3/t19-,21?,22-,23+,29+/m0/s1. The molecule has 2 aliphatic carbocycles. The van der Waals surface area contributed by atoms with Crippen molar-refractivity contribution in [1.29, 1.82) is 0 Å². The van der Waals surface area contributed by atoms with Crippen molar-refractivity contribution >= 4 is 22.6 Å². The first-order valence-electron chi connectivity index (χ1n) is 14.1. The van der Waals surface area contributed by atoms with Crippen LogP contribution in [0, 0.1) is 5.92 Å². The first-order valence-corrected chi connectivity index (χ1v) is 19.9. The maximum absolute atomic E-state index is 13.4. The molecule has 0 amide bonds. The Morgan fingerprint density at radius 1 is 0.972 bits per heavy atom. The molecule has 7 heteroatoms. The predicted octanol–water partition coefficient (Wildman–Crippen LogP) is 7.30. The fraction of sp³-hybridized carbons (Fsp3) is 0.828. The van der Waals surface area contributed by atoms with E-state index in [0.29, 0.717) is 12.2 Å². The fourth-order valence-corrected chi connectivity index (χ4v) is 8.76. The minimum Gasteiger partial charge on any atom is -0.463 e. The van der Waals surface area contributed by atoms with Crippen molar-refractivity contribution < 1.29 is 23.1 Å². The lowest BCUT2D eigenvalue weighted by molar-refractivity contribution is -0.143. The molecule has 0 saturated heterocycles. The van der Waals surface area contributed by atoms with E-state index in [1.54, 1.807) is 0 Å². The number of rotatable bonds is 6. The van der Waals surface area contributed by atoms with Crippen LogP contribution < -0.4 is 0 Å². The summed E-state index contributed by atoms with van der Waals surface area (Å²) in [6.07, 6.45) is 6.91. The van der Waals surface area contributed by atoms with Gasteiger partial charge in [0, 0.05) is 5.92 Å². The highest BCUT2D eigenvalue weighted by Gasteiger charge is 2.62. The largest absolute Gasteiger partial charge is 0.463 e. The topological polar surface area (TPSA) is 54.0 Å². The highest BCUT2D eigenvalue weighted by Crippen LogP contribution is 2.60. The van der Waals surface area contributed by atoms with Crippen LogP contribution in [0.5, 0.6) is 0 Å². The molecular weight excluding hydrogens is 484 g/mol. The van der Waals surface area contributed by atoms with Gasteiger partial charge in [-0.3, -0.25) is 0 Å². The zero-order valence-electron chi connectivity index (χ0n) is 24.7. The maximum atomic E-state index is 13.4. The van der Waals surface area contributed by atoms with Crippen molar-refractivity contribution in [3.8, 4) is 0 Å². The Labute approximate surface area is 221 Å². The van der Waals surface area contributed by atoms with Gasteiger partial charge in [-0.15, -0.1) is 0 Å². The van der Waals surface area contributed by atoms with Crippen molar-refractivity contribution in [1.82, 2.24) is 0 Å². The van der Waals surface area contributed by atoms with Crippen LogP contribution in [-0.2, 0) is 23.1 Å². The molecule has 5 nitrogen and oxygen atoms in total. The molecular formula is C29H50O5Si2. The summed E-state index contributed by atoms with van der Waals surface area (Å²) < 4.78 is 26.6. The van der Waals surface area contributed by atoms with E-state index in [9.17, 15) is 4.79 Å². The lowest BCUT2D eigenvalue weighted by Gasteiger charge is -2.50. The zero-order valence-corrected chi connectivity index (χ0v) is 26.7. The molecule has 0 radical (unpaired) electrons. The monoisotopic (exact) mass is 534 g/mol. The Kier molecular flexibility index (Phi) is 7.21. The van der Waals surface area contributed by atoms with Crippen LogP contribution >= 0.6 is 0 Å². The van der Waals surface area contributed by atoms with Crippen LogP contribution in [0.2, 0.25) is 36.3 Å². The van der Waals surface area contributed by atoms with E-state index in [-0.39, 0.29) is 45.9 Å². The average Bonchev–Trinajstić information content (AvgIpc) is 3.28. The van der Waals surface area contributed by atoms with E-state index in [2.05, 4.69) is 73.8 Å². The molecule has 0 N–H and O–H groups in total. The van der Waals surface area contributed by atoms with E-state index in [0.717, 1.165) is 32.1 Å². The highest BCUT2D eigenvalue weighted by molar-refractivity contribution is 6.74. The minimum atomic E-state index is -2.03. The van der Waals surface area contributed by atoms with Crippen LogP contribution in [0.15, 0.2) is 22.8 Å². The van der Waals surface area contributed by atoms with E-state index in [4.69, 9.17) is 18.3 Å². The molecule has 0 aromatic carbocycles. The van der Waals surface area contributed by atoms with Crippen molar-refractivity contribution in [3.63, 3.8) is 0 Å². The van der Waals surface area contributed by atoms with E-state index in [1.807, 2.05) is 6.92 Å². The first-order chi connectivity index (χ1) is 16.5. The smallest absolute Gasteiger partial charge is 0.337 e. The number of fused-ring (bicyclic) bond motifs is 2. The SMILES string of the molecule is CCOC(=O)C1=C2[C@@H](O[Si](C)(C)C(C)(C)C)CC[C@@H]2[C@]23CCCC(O[Si](C)(C)C(C)(C)C)C2=C[C@H]1O3. The molecule has 2 heterocycles. The van der Waals surface area contributed by atoms with Gasteiger partial charge in [0.1, 0.15) is 6.10 Å². The predicted molar refractivity (Wildman–Crippen MR) is 150 cm³/mol. The molecule has 4 rings (SSSR count). The molecule has 2 saturated carbocycles. The number of esters is 1. The zero-order chi connectivity index (χ0) is 26.9. The van der Waals surface area contributed by atoms with Gasteiger partial charge >= 0.3 is 5.97 Å². The van der Waals surface area contributed by atoms with Gasteiger partial charge in [0.2, 0.25) is 0 Å². The van der Waals surface area contributed by atoms with Crippen molar-refractivity contribution in [2.24, 2.45) is 5.92 Å². The van der Waals surface area contributed by atoms with E-state index >= 15 is 0 Å². The summed E-state index contributed by atoms with van der Waals surface area (Å²) in [6.45, 7) is 25.3. The Morgan fingerprint density at radius 2 is 1.56 bits per heavy atom. The van der Waals surface area contributed by atoms with Crippen molar-refractivity contribution in [2.75, 3.05) is 6.61 Å². The molecule has 36 heavy (non-hydrogen) atoms. The quantitative estimate of drug-likeness (QED) is 0.203. The van der Waals surface area contributed by atoms with Gasteiger partial charge < -0.3 is 18.3 Å². The molecule has 1 spiro atoms. The lowest BCUT2D eigenvalue weighted by Crippen LogP contribution is -2.53. The van der Waals surface area contributed by atoms with Crippen molar-refractivity contribution in [3.05, 3.63) is 22.8 Å². The summed E-state index contributed by atoms with van der Waals surface area (Å²) >= 11 is 0. The molecule has 4 aliphatic rings. The third-order valence-electron chi connectivity index (χ3n) is 10.1. The Balaban J connectivity index is 1.75. The second-order valence-electron chi connectivity index (χ2n) is 14.4. The van der Waals surface area contributed by atoms with Crippen LogP contribution in [-0.4, -0.2) is 53.1 Å². The third-order valence-corrected chi connectivity index (χ3v) is 19.1. The van der Waals surface area contributed by atoms with E-state index < -0.39 is 16.6 Å². The molecule has 2 bridgehead atoms. The maximum Gasteiger partial charge on any atom is 0.337 e. The van der Waals surface area contributed by atoms with Crippen LogP contribution in [0.3, 0.4) is 0 Å². The Hall–Kier alpha value is -0.736. The number of hydrogen-bond donors (Lipinski definition) is 0.